The molecule has 1 aromatic heterocycles. The van der Waals surface area contributed by atoms with Crippen molar-refractivity contribution < 1.29 is 9.53 Å². The number of ether oxygens (including phenoxy) is 1. The number of aromatic nitrogens is 1. The summed E-state index contributed by atoms with van der Waals surface area (Å²) in [6.07, 6.45) is 1.55. The Hall–Kier alpha value is -1.14. The Morgan fingerprint density at radius 2 is 2.33 bits per heavy atom. The molecular formula is C12H16BrN3O2. The van der Waals surface area contributed by atoms with Gasteiger partial charge in [-0.25, -0.2) is 4.98 Å². The average Bonchev–Trinajstić information content (AvgIpc) is 2.31. The number of nitrogens with two attached hydrogens (primary N) is 1. The van der Waals surface area contributed by atoms with Crippen molar-refractivity contribution in [2.24, 2.45) is 0 Å². The molecule has 0 saturated carbocycles. The summed E-state index contributed by atoms with van der Waals surface area (Å²) in [7, 11) is 0. The van der Waals surface area contributed by atoms with Gasteiger partial charge in [0.2, 0.25) is 0 Å². The van der Waals surface area contributed by atoms with E-state index in [-0.39, 0.29) is 11.4 Å². The first-order chi connectivity index (χ1) is 8.42. The second-order valence-corrected chi connectivity index (χ2v) is 5.77. The zero-order chi connectivity index (χ0) is 13.3. The van der Waals surface area contributed by atoms with Gasteiger partial charge >= 0.3 is 0 Å². The van der Waals surface area contributed by atoms with Gasteiger partial charge in [-0.2, -0.15) is 0 Å². The van der Waals surface area contributed by atoms with Crippen molar-refractivity contribution in [3.63, 3.8) is 0 Å². The first-order valence-electron chi connectivity index (χ1n) is 5.72. The molecule has 1 aliphatic heterocycles. The number of carbonyl (C=O) groups is 1. The van der Waals surface area contributed by atoms with Gasteiger partial charge in [0.1, 0.15) is 5.82 Å². The molecule has 0 aliphatic carbocycles. The van der Waals surface area contributed by atoms with Gasteiger partial charge < -0.3 is 15.4 Å². The van der Waals surface area contributed by atoms with Gasteiger partial charge in [-0.15, -0.1) is 0 Å². The molecule has 0 bridgehead atoms. The Morgan fingerprint density at radius 1 is 1.61 bits per heavy atom. The summed E-state index contributed by atoms with van der Waals surface area (Å²) in [5, 5.41) is 0. The minimum absolute atomic E-state index is 0.0516. The van der Waals surface area contributed by atoms with Crippen LogP contribution in [0.1, 0.15) is 24.2 Å². The van der Waals surface area contributed by atoms with Crippen LogP contribution in [0.15, 0.2) is 16.7 Å². The first kappa shape index (κ1) is 13.3. The lowest BCUT2D eigenvalue weighted by Crippen LogP contribution is -2.55. The van der Waals surface area contributed by atoms with Crippen LogP contribution < -0.4 is 5.73 Å². The molecule has 0 unspecified atom stereocenters. The molecule has 1 aromatic rings. The molecule has 1 amide bonds. The number of anilines is 1. The van der Waals surface area contributed by atoms with Crippen molar-refractivity contribution in [1.82, 2.24) is 9.88 Å². The van der Waals surface area contributed by atoms with Gasteiger partial charge in [-0.05, 0) is 35.8 Å². The van der Waals surface area contributed by atoms with Gasteiger partial charge in [-0.3, -0.25) is 4.79 Å². The SMILES string of the molecule is CC1(C)COCCN1C(=O)c1cc(N)ncc1Br. The van der Waals surface area contributed by atoms with Crippen LogP contribution in [-0.2, 0) is 4.74 Å². The topological polar surface area (TPSA) is 68.5 Å². The molecule has 2 heterocycles. The summed E-state index contributed by atoms with van der Waals surface area (Å²) in [5.74, 6) is 0.289. The third kappa shape index (κ3) is 2.49. The summed E-state index contributed by atoms with van der Waals surface area (Å²) in [6.45, 7) is 5.66. The molecule has 1 saturated heterocycles. The van der Waals surface area contributed by atoms with Crippen LogP contribution in [0.4, 0.5) is 5.82 Å². The number of amides is 1. The Morgan fingerprint density at radius 3 is 3.00 bits per heavy atom. The normalized spacial score (nSPS) is 18.7. The van der Waals surface area contributed by atoms with E-state index in [0.717, 1.165) is 0 Å². The molecule has 0 aromatic carbocycles. The van der Waals surface area contributed by atoms with E-state index in [1.54, 1.807) is 12.3 Å². The maximum atomic E-state index is 12.5. The molecule has 5 nitrogen and oxygen atoms in total. The first-order valence-corrected chi connectivity index (χ1v) is 6.52. The largest absolute Gasteiger partial charge is 0.384 e. The molecule has 0 radical (unpaired) electrons. The van der Waals surface area contributed by atoms with Gasteiger partial charge in [0.25, 0.3) is 5.91 Å². The second-order valence-electron chi connectivity index (χ2n) is 4.91. The standard InChI is InChI=1S/C12H16BrN3O2/c1-12(2)7-18-4-3-16(12)11(17)8-5-10(14)15-6-9(8)13/h5-6H,3-4,7H2,1-2H3,(H2,14,15). The lowest BCUT2D eigenvalue weighted by molar-refractivity contribution is -0.0371. The third-order valence-corrected chi connectivity index (χ3v) is 3.63. The van der Waals surface area contributed by atoms with E-state index in [1.165, 1.54) is 0 Å². The van der Waals surface area contributed by atoms with Gasteiger partial charge in [-0.1, -0.05) is 0 Å². The van der Waals surface area contributed by atoms with Crippen LogP contribution in [0.3, 0.4) is 0 Å². The van der Waals surface area contributed by atoms with Crippen LogP contribution in [0.25, 0.3) is 0 Å². The van der Waals surface area contributed by atoms with Crippen LogP contribution in [0, 0.1) is 0 Å². The maximum Gasteiger partial charge on any atom is 0.255 e. The summed E-state index contributed by atoms with van der Waals surface area (Å²) in [4.78, 5) is 18.3. The number of hydrogen-bond donors (Lipinski definition) is 1. The summed E-state index contributed by atoms with van der Waals surface area (Å²) >= 11 is 3.34. The van der Waals surface area contributed by atoms with Crippen molar-refractivity contribution in [2.75, 3.05) is 25.5 Å². The molecule has 1 fully saturated rings. The van der Waals surface area contributed by atoms with Crippen LogP contribution >= 0.6 is 15.9 Å². The van der Waals surface area contributed by atoms with E-state index in [2.05, 4.69) is 20.9 Å². The van der Waals surface area contributed by atoms with Crippen LogP contribution in [-0.4, -0.2) is 41.1 Å². The highest BCUT2D eigenvalue weighted by Crippen LogP contribution is 2.25. The Kier molecular flexibility index (Phi) is 3.59. The van der Waals surface area contributed by atoms with E-state index in [9.17, 15) is 4.79 Å². The molecule has 18 heavy (non-hydrogen) atoms. The quantitative estimate of drug-likeness (QED) is 0.856. The van der Waals surface area contributed by atoms with Crippen molar-refractivity contribution in [2.45, 2.75) is 19.4 Å². The number of pyridine rings is 1. The van der Waals surface area contributed by atoms with Gasteiger partial charge in [0.05, 0.1) is 24.3 Å². The van der Waals surface area contributed by atoms with E-state index in [0.29, 0.717) is 35.6 Å². The third-order valence-electron chi connectivity index (χ3n) is 3.00. The molecule has 98 valence electrons. The summed E-state index contributed by atoms with van der Waals surface area (Å²) in [5.41, 5.74) is 5.86. The highest BCUT2D eigenvalue weighted by atomic mass is 79.9. The summed E-state index contributed by atoms with van der Waals surface area (Å²) < 4.78 is 6.07. The molecule has 2 rings (SSSR count). The fourth-order valence-electron chi connectivity index (χ4n) is 2.00. The van der Waals surface area contributed by atoms with Crippen molar-refractivity contribution >= 4 is 27.7 Å². The Balaban J connectivity index is 2.33. The van der Waals surface area contributed by atoms with Crippen molar-refractivity contribution in [3.8, 4) is 0 Å². The van der Waals surface area contributed by atoms with Crippen molar-refractivity contribution in [3.05, 3.63) is 22.3 Å². The molecule has 2 N–H and O–H groups in total. The maximum absolute atomic E-state index is 12.5. The number of nitrogens with zero attached hydrogens (tertiary/aromatic N) is 2. The minimum Gasteiger partial charge on any atom is -0.384 e. The average molecular weight is 314 g/mol. The van der Waals surface area contributed by atoms with E-state index >= 15 is 0 Å². The Bertz CT molecular complexity index is 476. The van der Waals surface area contributed by atoms with E-state index in [4.69, 9.17) is 10.5 Å². The van der Waals surface area contributed by atoms with Crippen LogP contribution in [0.5, 0.6) is 0 Å². The fraction of sp³-hybridized carbons (Fsp3) is 0.500. The highest BCUT2D eigenvalue weighted by Gasteiger charge is 2.35. The lowest BCUT2D eigenvalue weighted by Gasteiger charge is -2.42. The zero-order valence-electron chi connectivity index (χ0n) is 10.4. The Labute approximate surface area is 114 Å². The van der Waals surface area contributed by atoms with Crippen LogP contribution in [0.2, 0.25) is 0 Å². The van der Waals surface area contributed by atoms with E-state index < -0.39 is 0 Å². The smallest absolute Gasteiger partial charge is 0.255 e. The van der Waals surface area contributed by atoms with Crippen molar-refractivity contribution in [1.29, 1.82) is 0 Å². The molecule has 0 spiro atoms. The molecule has 0 atom stereocenters. The number of carbonyl (C=O) groups excluding carboxylic acids is 1. The number of rotatable bonds is 1. The second kappa shape index (κ2) is 4.85. The van der Waals surface area contributed by atoms with E-state index in [1.807, 2.05) is 18.7 Å². The number of hydrogen-bond acceptors (Lipinski definition) is 4. The fourth-order valence-corrected chi connectivity index (χ4v) is 2.39. The van der Waals surface area contributed by atoms with Gasteiger partial charge in [0, 0.05) is 17.2 Å². The molecular weight excluding hydrogens is 298 g/mol. The highest BCUT2D eigenvalue weighted by molar-refractivity contribution is 9.10. The molecule has 1 aliphatic rings. The lowest BCUT2D eigenvalue weighted by atomic mass is 10.0. The number of nitrogen functional groups attached to an aromatic ring is 1. The van der Waals surface area contributed by atoms with Gasteiger partial charge in [0.15, 0.2) is 0 Å². The monoisotopic (exact) mass is 313 g/mol. The number of morpholine rings is 1. The zero-order valence-corrected chi connectivity index (χ0v) is 12.0. The number of halogens is 1. The molecule has 6 heteroatoms. The predicted octanol–water partition coefficient (Wildman–Crippen LogP) is 1.68. The predicted molar refractivity (Wildman–Crippen MR) is 72.3 cm³/mol. The summed E-state index contributed by atoms with van der Waals surface area (Å²) in [6, 6.07) is 1.60. The minimum atomic E-state index is -0.313.